The Bertz CT molecular complexity index is 1320. The summed E-state index contributed by atoms with van der Waals surface area (Å²) in [6.07, 6.45) is 2.43. The van der Waals surface area contributed by atoms with Gasteiger partial charge in [0.2, 0.25) is 5.91 Å². The number of rotatable bonds is 5. The smallest absolute Gasteiger partial charge is 0.407 e. The number of anilines is 2. The van der Waals surface area contributed by atoms with E-state index in [9.17, 15) is 27.5 Å². The minimum absolute atomic E-state index is 0.0420. The molecule has 35 heavy (non-hydrogen) atoms. The normalized spacial score (nSPS) is 19.1. The van der Waals surface area contributed by atoms with Crippen LogP contribution in [-0.4, -0.2) is 50.6 Å². The maximum Gasteiger partial charge on any atom is 0.407 e. The molecular weight excluding hydrogens is 477 g/mol. The van der Waals surface area contributed by atoms with Crippen molar-refractivity contribution in [3.63, 3.8) is 0 Å². The number of halogens is 1. The average Bonchev–Trinajstić information content (AvgIpc) is 3.10. The number of fused-ring (bicyclic) bond motifs is 2. The largest absolute Gasteiger partial charge is 0.495 e. The molecule has 2 amide bonds. The highest BCUT2D eigenvalue weighted by Crippen LogP contribution is 2.54. The van der Waals surface area contributed by atoms with Crippen LogP contribution in [0, 0.1) is 5.82 Å². The van der Waals surface area contributed by atoms with E-state index < -0.39 is 27.3 Å². The molecule has 1 spiro atoms. The molecule has 5 rings (SSSR count). The highest BCUT2D eigenvalue weighted by molar-refractivity contribution is 7.92. The Labute approximate surface area is 202 Å². The summed E-state index contributed by atoms with van der Waals surface area (Å²) < 4.78 is 47.8. The van der Waals surface area contributed by atoms with Crippen LogP contribution in [0.4, 0.5) is 20.6 Å². The van der Waals surface area contributed by atoms with Crippen LogP contribution in [-0.2, 0) is 20.2 Å². The van der Waals surface area contributed by atoms with Gasteiger partial charge < -0.3 is 20.1 Å². The van der Waals surface area contributed by atoms with Crippen molar-refractivity contribution in [1.29, 1.82) is 0 Å². The monoisotopic (exact) mass is 503 g/mol. The van der Waals surface area contributed by atoms with Crippen LogP contribution in [0.3, 0.4) is 0 Å². The maximum absolute atomic E-state index is 13.6. The van der Waals surface area contributed by atoms with Gasteiger partial charge >= 0.3 is 6.09 Å². The zero-order valence-corrected chi connectivity index (χ0v) is 20.0. The van der Waals surface area contributed by atoms with Crippen molar-refractivity contribution in [3.8, 4) is 5.75 Å². The molecule has 0 aromatic heterocycles. The van der Waals surface area contributed by atoms with E-state index in [2.05, 4.69) is 10.0 Å². The summed E-state index contributed by atoms with van der Waals surface area (Å²) in [5, 5.41) is 12.3. The molecule has 9 nitrogen and oxygen atoms in total. The first-order valence-corrected chi connectivity index (χ1v) is 13.0. The lowest BCUT2D eigenvalue weighted by molar-refractivity contribution is -0.123. The van der Waals surface area contributed by atoms with E-state index in [1.165, 1.54) is 12.0 Å². The first-order valence-electron chi connectivity index (χ1n) is 11.5. The molecule has 1 aliphatic carbocycles. The summed E-state index contributed by atoms with van der Waals surface area (Å²) in [5.41, 5.74) is 1.92. The molecule has 186 valence electrons. The highest BCUT2D eigenvalue weighted by Gasteiger charge is 2.52. The van der Waals surface area contributed by atoms with Gasteiger partial charge in [0.1, 0.15) is 16.5 Å². The van der Waals surface area contributed by atoms with Gasteiger partial charge in [0.15, 0.2) is 0 Å². The zero-order valence-electron chi connectivity index (χ0n) is 19.1. The van der Waals surface area contributed by atoms with E-state index in [1.807, 2.05) is 0 Å². The number of carbonyl (C=O) groups is 2. The first-order chi connectivity index (χ1) is 16.6. The van der Waals surface area contributed by atoms with Crippen LogP contribution in [0.15, 0.2) is 35.2 Å². The Morgan fingerprint density at radius 3 is 2.54 bits per heavy atom. The molecule has 11 heteroatoms. The number of sulfonamides is 1. The van der Waals surface area contributed by atoms with E-state index >= 15 is 0 Å². The summed E-state index contributed by atoms with van der Waals surface area (Å²) in [7, 11) is -2.86. The number of amides is 2. The number of hydrogen-bond acceptors (Lipinski definition) is 5. The van der Waals surface area contributed by atoms with Crippen LogP contribution in [0.1, 0.15) is 49.1 Å². The van der Waals surface area contributed by atoms with Crippen molar-refractivity contribution < 1.29 is 32.2 Å². The van der Waals surface area contributed by atoms with Gasteiger partial charge in [0.05, 0.1) is 12.5 Å². The molecule has 2 aliphatic heterocycles. The molecule has 3 aliphatic rings. The van der Waals surface area contributed by atoms with Gasteiger partial charge in [-0.05, 0) is 67.0 Å². The molecular formula is C24H26FN3O6S. The number of carbonyl (C=O) groups excluding carboxylic acids is 1. The Hall–Kier alpha value is -3.34. The molecule has 0 unspecified atom stereocenters. The van der Waals surface area contributed by atoms with Gasteiger partial charge in [0.25, 0.3) is 10.0 Å². The Morgan fingerprint density at radius 2 is 1.94 bits per heavy atom. The molecule has 0 atom stereocenters. The van der Waals surface area contributed by atoms with Crippen molar-refractivity contribution in [2.24, 2.45) is 0 Å². The summed E-state index contributed by atoms with van der Waals surface area (Å²) >= 11 is 0. The van der Waals surface area contributed by atoms with Crippen molar-refractivity contribution in [3.05, 3.63) is 47.3 Å². The Kier molecular flexibility index (Phi) is 5.62. The second-order valence-electron chi connectivity index (χ2n) is 9.32. The minimum Gasteiger partial charge on any atom is -0.495 e. The third kappa shape index (κ3) is 3.87. The molecule has 2 aromatic rings. The topological polar surface area (TPSA) is 125 Å². The molecule has 1 saturated carbocycles. The van der Waals surface area contributed by atoms with Gasteiger partial charge in [0, 0.05) is 30.5 Å². The number of methoxy groups -OCH3 is 1. The fourth-order valence-electron chi connectivity index (χ4n) is 5.40. The summed E-state index contributed by atoms with van der Waals surface area (Å²) in [4.78, 5) is 25.4. The van der Waals surface area contributed by atoms with E-state index in [0.717, 1.165) is 35.7 Å². The number of nitrogens with zero attached hydrogens (tertiary/aromatic N) is 1. The summed E-state index contributed by atoms with van der Waals surface area (Å²) in [5.74, 6) is -0.861. The molecule has 2 fully saturated rings. The second kappa shape index (κ2) is 8.40. The van der Waals surface area contributed by atoms with E-state index in [-0.39, 0.29) is 22.5 Å². The Balaban J connectivity index is 1.55. The maximum atomic E-state index is 13.6. The van der Waals surface area contributed by atoms with Gasteiger partial charge in [-0.2, -0.15) is 0 Å². The fourth-order valence-corrected chi connectivity index (χ4v) is 6.59. The lowest BCUT2D eigenvalue weighted by Gasteiger charge is -2.36. The lowest BCUT2D eigenvalue weighted by Crippen LogP contribution is -2.40. The Morgan fingerprint density at radius 1 is 1.23 bits per heavy atom. The molecule has 2 aromatic carbocycles. The number of likely N-dealkylation sites (tertiary alicyclic amines) is 1. The number of hydrogen-bond donors (Lipinski definition) is 3. The van der Waals surface area contributed by atoms with Gasteiger partial charge in [-0.15, -0.1) is 0 Å². The third-order valence-electron chi connectivity index (χ3n) is 7.44. The predicted molar refractivity (Wildman–Crippen MR) is 126 cm³/mol. The fraction of sp³-hybridized carbons (Fsp3) is 0.417. The zero-order chi connectivity index (χ0) is 25.0. The van der Waals surface area contributed by atoms with E-state index in [1.54, 1.807) is 12.1 Å². The van der Waals surface area contributed by atoms with E-state index in [4.69, 9.17) is 4.74 Å². The number of nitrogens with one attached hydrogen (secondary N) is 2. The SMILES string of the molecule is COc1cc(F)ccc1S(=O)(=O)Nc1cc(C2CCN(C(=O)O)CC2)c2c(c1)C1(CCC1)C(=O)N2. The van der Waals surface area contributed by atoms with Crippen molar-refractivity contribution in [2.45, 2.75) is 48.3 Å². The molecule has 0 bridgehead atoms. The van der Waals surface area contributed by atoms with Crippen LogP contribution < -0.4 is 14.8 Å². The third-order valence-corrected chi connectivity index (χ3v) is 8.86. The van der Waals surface area contributed by atoms with Crippen LogP contribution in [0.2, 0.25) is 0 Å². The predicted octanol–water partition coefficient (Wildman–Crippen LogP) is 3.87. The van der Waals surface area contributed by atoms with Crippen molar-refractivity contribution >= 4 is 33.4 Å². The van der Waals surface area contributed by atoms with Gasteiger partial charge in [-0.25, -0.2) is 17.6 Å². The number of benzene rings is 2. The molecule has 3 N–H and O–H groups in total. The van der Waals surface area contributed by atoms with Crippen molar-refractivity contribution in [1.82, 2.24) is 4.90 Å². The van der Waals surface area contributed by atoms with Crippen molar-refractivity contribution in [2.75, 3.05) is 30.2 Å². The van der Waals surface area contributed by atoms with E-state index in [0.29, 0.717) is 50.1 Å². The minimum atomic E-state index is -4.13. The molecule has 0 radical (unpaired) electrons. The molecule has 1 saturated heterocycles. The average molecular weight is 504 g/mol. The second-order valence-corrected chi connectivity index (χ2v) is 11.0. The number of ether oxygens (including phenoxy) is 1. The first kappa shape index (κ1) is 23.4. The lowest BCUT2D eigenvalue weighted by atomic mass is 9.64. The standard InChI is InChI=1S/C24H26FN3O6S/c1-34-19-11-15(25)3-4-20(19)35(32,33)27-16-12-17(14-5-9-28(10-6-14)23(30)31)21-18(13-16)24(7-2-8-24)22(29)26-21/h3-4,11-14,27H,2,5-10H2,1H3,(H,26,29)(H,30,31). The highest BCUT2D eigenvalue weighted by atomic mass is 32.2. The number of carboxylic acid groups (broad SMARTS) is 1. The van der Waals surface area contributed by atoms with Gasteiger partial charge in [-0.3, -0.25) is 9.52 Å². The van der Waals surface area contributed by atoms with Crippen LogP contribution in [0.5, 0.6) is 5.75 Å². The van der Waals surface area contributed by atoms with Crippen LogP contribution in [0.25, 0.3) is 0 Å². The quantitative estimate of drug-likeness (QED) is 0.569. The molecule has 2 heterocycles. The summed E-state index contributed by atoms with van der Waals surface area (Å²) in [6, 6.07) is 6.62. The number of piperidine rings is 1. The summed E-state index contributed by atoms with van der Waals surface area (Å²) in [6.45, 7) is 0.715. The van der Waals surface area contributed by atoms with Crippen LogP contribution >= 0.6 is 0 Å². The van der Waals surface area contributed by atoms with Gasteiger partial charge in [-0.1, -0.05) is 6.42 Å².